The molecular weight excluding hydrogens is 292 g/mol. The van der Waals surface area contributed by atoms with Gasteiger partial charge in [-0.05, 0) is 24.7 Å². The minimum absolute atomic E-state index is 0.127. The summed E-state index contributed by atoms with van der Waals surface area (Å²) in [5.41, 5.74) is 7.08. The number of sulfone groups is 1. The van der Waals surface area contributed by atoms with E-state index >= 15 is 0 Å². The molecule has 0 saturated heterocycles. The molecule has 0 bridgehead atoms. The second kappa shape index (κ2) is 7.63. The van der Waals surface area contributed by atoms with Crippen molar-refractivity contribution in [3.8, 4) is 11.5 Å². The quantitative estimate of drug-likeness (QED) is 0.759. The molecule has 0 amide bonds. The van der Waals surface area contributed by atoms with Crippen LogP contribution in [0.1, 0.15) is 11.6 Å². The Bertz CT molecular complexity index is 560. The largest absolute Gasteiger partial charge is 0.493 e. The summed E-state index contributed by atoms with van der Waals surface area (Å²) in [5.74, 6) is 1.41. The van der Waals surface area contributed by atoms with Gasteiger partial charge < -0.3 is 20.1 Å². The number of nitrogens with zero attached hydrogens (tertiary/aromatic N) is 1. The zero-order valence-electron chi connectivity index (χ0n) is 13.0. The fourth-order valence-corrected chi connectivity index (χ4v) is 2.58. The van der Waals surface area contributed by atoms with Crippen LogP contribution in [0.2, 0.25) is 0 Å². The fourth-order valence-electron chi connectivity index (χ4n) is 1.94. The van der Waals surface area contributed by atoms with Crippen molar-refractivity contribution in [3.05, 3.63) is 23.8 Å². The molecule has 21 heavy (non-hydrogen) atoms. The van der Waals surface area contributed by atoms with E-state index in [-0.39, 0.29) is 11.8 Å². The molecule has 0 heterocycles. The van der Waals surface area contributed by atoms with Gasteiger partial charge in [-0.25, -0.2) is 8.42 Å². The lowest BCUT2D eigenvalue weighted by molar-refractivity contribution is 0.327. The number of likely N-dealkylation sites (N-methyl/N-ethyl adjacent to an activating group) is 1. The van der Waals surface area contributed by atoms with Gasteiger partial charge in [0.1, 0.15) is 9.84 Å². The number of rotatable bonds is 8. The number of methoxy groups -OCH3 is 2. The second-order valence-electron chi connectivity index (χ2n) is 5.11. The first-order chi connectivity index (χ1) is 9.76. The van der Waals surface area contributed by atoms with Gasteiger partial charge in [-0.3, -0.25) is 0 Å². The fraction of sp³-hybridized carbons (Fsp3) is 0.571. The Labute approximate surface area is 126 Å². The van der Waals surface area contributed by atoms with Gasteiger partial charge in [-0.1, -0.05) is 6.07 Å². The van der Waals surface area contributed by atoms with Crippen LogP contribution < -0.4 is 15.2 Å². The van der Waals surface area contributed by atoms with Gasteiger partial charge in [0, 0.05) is 25.4 Å². The van der Waals surface area contributed by atoms with Crippen LogP contribution in [0.5, 0.6) is 11.5 Å². The molecule has 1 aromatic rings. The molecule has 1 atom stereocenters. The Morgan fingerprint density at radius 1 is 1.24 bits per heavy atom. The molecule has 0 aliphatic heterocycles. The highest BCUT2D eigenvalue weighted by molar-refractivity contribution is 7.90. The highest BCUT2D eigenvalue weighted by Crippen LogP contribution is 2.29. The molecule has 1 aromatic carbocycles. The first-order valence-corrected chi connectivity index (χ1v) is 8.66. The summed E-state index contributed by atoms with van der Waals surface area (Å²) >= 11 is 0. The van der Waals surface area contributed by atoms with E-state index in [0.29, 0.717) is 24.6 Å². The van der Waals surface area contributed by atoms with Crippen LogP contribution >= 0.6 is 0 Å². The van der Waals surface area contributed by atoms with Crippen LogP contribution in [0.3, 0.4) is 0 Å². The third-order valence-electron chi connectivity index (χ3n) is 3.19. The van der Waals surface area contributed by atoms with Crippen molar-refractivity contribution in [2.45, 2.75) is 6.04 Å². The van der Waals surface area contributed by atoms with E-state index in [9.17, 15) is 8.42 Å². The standard InChI is InChI=1S/C14H24N2O4S/c1-16(7-8-21(4,17)18)10-12(15)11-5-6-13(19-2)14(9-11)20-3/h5-6,9,12H,7-8,10,15H2,1-4H3. The minimum Gasteiger partial charge on any atom is -0.493 e. The molecule has 0 aliphatic rings. The average molecular weight is 316 g/mol. The summed E-state index contributed by atoms with van der Waals surface area (Å²) in [4.78, 5) is 1.91. The van der Waals surface area contributed by atoms with E-state index in [1.807, 2.05) is 30.1 Å². The van der Waals surface area contributed by atoms with E-state index in [4.69, 9.17) is 15.2 Å². The molecule has 6 nitrogen and oxygen atoms in total. The Hall–Kier alpha value is -1.31. The maximum absolute atomic E-state index is 11.2. The molecule has 7 heteroatoms. The van der Waals surface area contributed by atoms with E-state index < -0.39 is 9.84 Å². The van der Waals surface area contributed by atoms with Crippen LogP contribution in [0.4, 0.5) is 0 Å². The Morgan fingerprint density at radius 3 is 2.38 bits per heavy atom. The van der Waals surface area contributed by atoms with Gasteiger partial charge in [0.15, 0.2) is 11.5 Å². The molecule has 2 N–H and O–H groups in total. The van der Waals surface area contributed by atoms with Gasteiger partial charge in [0.05, 0.1) is 20.0 Å². The maximum atomic E-state index is 11.2. The molecule has 0 aliphatic carbocycles. The highest BCUT2D eigenvalue weighted by atomic mass is 32.2. The summed E-state index contributed by atoms with van der Waals surface area (Å²) in [7, 11) is 2.05. The van der Waals surface area contributed by atoms with Crippen molar-refractivity contribution in [1.82, 2.24) is 4.90 Å². The van der Waals surface area contributed by atoms with Crippen LogP contribution in [-0.4, -0.2) is 59.7 Å². The Balaban J connectivity index is 2.68. The topological polar surface area (TPSA) is 81.9 Å². The minimum atomic E-state index is -2.96. The first kappa shape index (κ1) is 17.7. The van der Waals surface area contributed by atoms with Gasteiger partial charge in [-0.2, -0.15) is 0 Å². The molecular formula is C14H24N2O4S. The smallest absolute Gasteiger partial charge is 0.161 e. The van der Waals surface area contributed by atoms with Crippen molar-refractivity contribution in [3.63, 3.8) is 0 Å². The summed E-state index contributed by atoms with van der Waals surface area (Å²) in [6.45, 7) is 1.02. The van der Waals surface area contributed by atoms with Crippen molar-refractivity contribution in [1.29, 1.82) is 0 Å². The molecule has 1 unspecified atom stereocenters. The molecule has 0 saturated carbocycles. The van der Waals surface area contributed by atoms with E-state index in [1.165, 1.54) is 6.26 Å². The van der Waals surface area contributed by atoms with Crippen molar-refractivity contribution >= 4 is 9.84 Å². The lowest BCUT2D eigenvalue weighted by atomic mass is 10.1. The van der Waals surface area contributed by atoms with Crippen molar-refractivity contribution in [2.24, 2.45) is 5.73 Å². The molecule has 1 rings (SSSR count). The normalized spacial score (nSPS) is 13.2. The van der Waals surface area contributed by atoms with E-state index in [1.54, 1.807) is 14.2 Å². The Kier molecular flexibility index (Phi) is 6.44. The molecule has 120 valence electrons. The number of benzene rings is 1. The zero-order valence-corrected chi connectivity index (χ0v) is 13.8. The Morgan fingerprint density at radius 2 is 1.86 bits per heavy atom. The van der Waals surface area contributed by atoms with Gasteiger partial charge in [-0.15, -0.1) is 0 Å². The number of hydrogen-bond acceptors (Lipinski definition) is 6. The summed E-state index contributed by atoms with van der Waals surface area (Å²) in [6.07, 6.45) is 1.23. The third kappa shape index (κ3) is 5.91. The molecule has 0 aromatic heterocycles. The van der Waals surface area contributed by atoms with E-state index in [0.717, 1.165) is 5.56 Å². The van der Waals surface area contributed by atoms with Crippen molar-refractivity contribution in [2.75, 3.05) is 46.4 Å². The van der Waals surface area contributed by atoms with Crippen LogP contribution in [0, 0.1) is 0 Å². The average Bonchev–Trinajstić information content (AvgIpc) is 2.43. The predicted octanol–water partition coefficient (Wildman–Crippen LogP) is 0.680. The zero-order chi connectivity index (χ0) is 16.0. The number of nitrogens with two attached hydrogens (primary N) is 1. The molecule has 0 spiro atoms. The van der Waals surface area contributed by atoms with Gasteiger partial charge in [0.2, 0.25) is 0 Å². The summed E-state index contributed by atoms with van der Waals surface area (Å²) in [5, 5.41) is 0. The van der Waals surface area contributed by atoms with Crippen LogP contribution in [0.15, 0.2) is 18.2 Å². The van der Waals surface area contributed by atoms with Crippen molar-refractivity contribution < 1.29 is 17.9 Å². The molecule has 0 fully saturated rings. The summed E-state index contributed by atoms with van der Waals surface area (Å²) in [6, 6.07) is 5.31. The van der Waals surface area contributed by atoms with Gasteiger partial charge >= 0.3 is 0 Å². The predicted molar refractivity (Wildman–Crippen MR) is 83.7 cm³/mol. The second-order valence-corrected chi connectivity index (χ2v) is 7.37. The maximum Gasteiger partial charge on any atom is 0.161 e. The SMILES string of the molecule is COc1ccc(C(N)CN(C)CCS(C)(=O)=O)cc1OC. The first-order valence-electron chi connectivity index (χ1n) is 6.60. The van der Waals surface area contributed by atoms with E-state index in [2.05, 4.69) is 0 Å². The number of ether oxygens (including phenoxy) is 2. The highest BCUT2D eigenvalue weighted by Gasteiger charge is 2.13. The van der Waals surface area contributed by atoms with Crippen LogP contribution in [-0.2, 0) is 9.84 Å². The monoisotopic (exact) mass is 316 g/mol. The number of hydrogen-bond donors (Lipinski definition) is 1. The summed E-state index contributed by atoms with van der Waals surface area (Å²) < 4.78 is 32.8. The lowest BCUT2D eigenvalue weighted by Crippen LogP contribution is -2.32. The van der Waals surface area contributed by atoms with Gasteiger partial charge in [0.25, 0.3) is 0 Å². The lowest BCUT2D eigenvalue weighted by Gasteiger charge is -2.21. The molecule has 0 radical (unpaired) electrons. The van der Waals surface area contributed by atoms with Crippen LogP contribution in [0.25, 0.3) is 0 Å². The third-order valence-corrected chi connectivity index (χ3v) is 4.11.